The topological polar surface area (TPSA) is 4.93 Å². The highest BCUT2D eigenvalue weighted by Gasteiger charge is 2.25. The fourth-order valence-electron chi connectivity index (χ4n) is 5.38. The normalized spacial score (nSPS) is 12.5. The van der Waals surface area contributed by atoms with Gasteiger partial charge in [0.2, 0.25) is 0 Å². The largest absolute Gasteiger partial charge is 0.309 e. The molecule has 0 saturated heterocycles. The van der Waals surface area contributed by atoms with E-state index >= 15 is 0 Å². The Hall–Kier alpha value is -3.84. The summed E-state index contributed by atoms with van der Waals surface area (Å²) in [5, 5.41) is 5.44. The maximum absolute atomic E-state index is 2.41. The average molecular weight is 381 g/mol. The molecule has 1 heterocycles. The summed E-state index contributed by atoms with van der Waals surface area (Å²) in [5.41, 5.74) is 9.48. The van der Waals surface area contributed by atoms with Crippen LogP contribution < -0.4 is 0 Å². The minimum absolute atomic E-state index is 0.992. The Morgan fingerprint density at radius 2 is 1.20 bits per heavy atom. The predicted molar refractivity (Wildman–Crippen MR) is 127 cm³/mol. The van der Waals surface area contributed by atoms with Crippen LogP contribution in [0.25, 0.3) is 49.4 Å². The van der Waals surface area contributed by atoms with Gasteiger partial charge in [0.15, 0.2) is 0 Å². The Kier molecular flexibility index (Phi) is 3.12. The molecule has 7 rings (SSSR count). The van der Waals surface area contributed by atoms with Gasteiger partial charge in [0.25, 0.3) is 0 Å². The molecule has 0 fully saturated rings. The SMILES string of the molecule is c1ccc(-n2c3ccccc3c3c4c(ccc32)-c2ccc3ccccc3c2C4)cc1. The molecule has 0 N–H and O–H groups in total. The summed E-state index contributed by atoms with van der Waals surface area (Å²) in [6.07, 6.45) is 0.992. The number of hydrogen-bond donors (Lipinski definition) is 0. The first-order valence-electron chi connectivity index (χ1n) is 10.5. The van der Waals surface area contributed by atoms with Crippen LogP contribution in [0.2, 0.25) is 0 Å². The first-order valence-corrected chi connectivity index (χ1v) is 10.5. The highest BCUT2D eigenvalue weighted by Crippen LogP contribution is 2.46. The first-order chi connectivity index (χ1) is 14.9. The van der Waals surface area contributed by atoms with Crippen molar-refractivity contribution in [2.75, 3.05) is 0 Å². The van der Waals surface area contributed by atoms with Crippen molar-refractivity contribution < 1.29 is 0 Å². The minimum Gasteiger partial charge on any atom is -0.309 e. The molecule has 0 amide bonds. The molecule has 0 radical (unpaired) electrons. The predicted octanol–water partition coefficient (Wildman–Crippen LogP) is 7.51. The van der Waals surface area contributed by atoms with Crippen molar-refractivity contribution in [3.63, 3.8) is 0 Å². The number of nitrogens with zero attached hydrogens (tertiary/aromatic N) is 1. The molecule has 1 aliphatic carbocycles. The molecular formula is C29H19N. The van der Waals surface area contributed by atoms with Crippen LogP contribution in [0.3, 0.4) is 0 Å². The molecule has 1 heteroatoms. The molecule has 0 spiro atoms. The van der Waals surface area contributed by atoms with Gasteiger partial charge in [-0.15, -0.1) is 0 Å². The van der Waals surface area contributed by atoms with E-state index in [1.165, 1.54) is 60.5 Å². The molecule has 0 unspecified atom stereocenters. The summed E-state index contributed by atoms with van der Waals surface area (Å²) in [6.45, 7) is 0. The molecule has 30 heavy (non-hydrogen) atoms. The van der Waals surface area contributed by atoms with Crippen molar-refractivity contribution in [2.45, 2.75) is 6.42 Å². The molecule has 0 saturated carbocycles. The van der Waals surface area contributed by atoms with Gasteiger partial charge < -0.3 is 4.57 Å². The smallest absolute Gasteiger partial charge is 0.0544 e. The summed E-state index contributed by atoms with van der Waals surface area (Å²) in [6, 6.07) is 37.5. The number of rotatable bonds is 1. The molecule has 1 nitrogen and oxygen atoms in total. The van der Waals surface area contributed by atoms with Crippen LogP contribution in [0.5, 0.6) is 0 Å². The standard InChI is InChI=1S/C29H19N/c1-2-9-20(10-3-1)30-27-13-7-6-12-24(27)29-26-18-25-21-11-5-4-8-19(21)14-15-22(25)23(26)16-17-28(29)30/h1-17H,18H2. The minimum atomic E-state index is 0.992. The Morgan fingerprint density at radius 1 is 0.500 bits per heavy atom. The maximum Gasteiger partial charge on any atom is 0.0544 e. The second kappa shape index (κ2) is 5.84. The highest BCUT2D eigenvalue weighted by atomic mass is 15.0. The average Bonchev–Trinajstić information content (AvgIpc) is 3.35. The second-order valence-corrected chi connectivity index (χ2v) is 8.16. The van der Waals surface area contributed by atoms with E-state index in [9.17, 15) is 0 Å². The molecule has 0 atom stereocenters. The first kappa shape index (κ1) is 16.0. The zero-order valence-corrected chi connectivity index (χ0v) is 16.5. The Labute approximate surface area is 174 Å². The van der Waals surface area contributed by atoms with Crippen LogP contribution in [0.1, 0.15) is 11.1 Å². The van der Waals surface area contributed by atoms with E-state index in [1.807, 2.05) is 0 Å². The van der Waals surface area contributed by atoms with Crippen molar-refractivity contribution >= 4 is 32.6 Å². The molecule has 1 aliphatic rings. The quantitative estimate of drug-likeness (QED) is 0.277. The van der Waals surface area contributed by atoms with Gasteiger partial charge in [0.05, 0.1) is 11.0 Å². The van der Waals surface area contributed by atoms with Gasteiger partial charge >= 0.3 is 0 Å². The fourth-order valence-corrected chi connectivity index (χ4v) is 5.38. The van der Waals surface area contributed by atoms with E-state index in [0.29, 0.717) is 0 Å². The third-order valence-electron chi connectivity index (χ3n) is 6.64. The number of fused-ring (bicyclic) bond motifs is 9. The Morgan fingerprint density at radius 3 is 2.10 bits per heavy atom. The summed E-state index contributed by atoms with van der Waals surface area (Å²) in [4.78, 5) is 0. The molecule has 6 aromatic rings. The number of aromatic nitrogens is 1. The van der Waals surface area contributed by atoms with Gasteiger partial charge in [-0.3, -0.25) is 0 Å². The van der Waals surface area contributed by atoms with Crippen molar-refractivity contribution in [3.05, 3.63) is 114 Å². The maximum atomic E-state index is 2.41. The van der Waals surface area contributed by atoms with Crippen molar-refractivity contribution in [1.82, 2.24) is 4.57 Å². The number of hydrogen-bond acceptors (Lipinski definition) is 0. The molecule has 0 bridgehead atoms. The molecule has 5 aromatic carbocycles. The summed E-state index contributed by atoms with van der Waals surface area (Å²) < 4.78 is 2.41. The molecule has 140 valence electrons. The van der Waals surface area contributed by atoms with Crippen LogP contribution in [0, 0.1) is 0 Å². The lowest BCUT2D eigenvalue weighted by atomic mass is 9.99. The van der Waals surface area contributed by atoms with E-state index < -0.39 is 0 Å². The lowest BCUT2D eigenvalue weighted by Crippen LogP contribution is -1.93. The molecule has 0 aliphatic heterocycles. The second-order valence-electron chi connectivity index (χ2n) is 8.16. The highest BCUT2D eigenvalue weighted by molar-refractivity contribution is 6.14. The third kappa shape index (κ3) is 2.02. The van der Waals surface area contributed by atoms with Crippen molar-refractivity contribution in [2.24, 2.45) is 0 Å². The Balaban J connectivity index is 1.60. The van der Waals surface area contributed by atoms with Gasteiger partial charge in [-0.25, -0.2) is 0 Å². The summed E-state index contributed by atoms with van der Waals surface area (Å²) >= 11 is 0. The fraction of sp³-hybridized carbons (Fsp3) is 0.0345. The lowest BCUT2D eigenvalue weighted by molar-refractivity contribution is 1.18. The van der Waals surface area contributed by atoms with E-state index in [2.05, 4.69) is 108 Å². The summed E-state index contributed by atoms with van der Waals surface area (Å²) in [5.74, 6) is 0. The lowest BCUT2D eigenvalue weighted by Gasteiger charge is -2.08. The third-order valence-corrected chi connectivity index (χ3v) is 6.64. The van der Waals surface area contributed by atoms with E-state index in [4.69, 9.17) is 0 Å². The number of benzene rings is 5. The van der Waals surface area contributed by atoms with Gasteiger partial charge in [0, 0.05) is 16.5 Å². The van der Waals surface area contributed by atoms with Crippen LogP contribution in [-0.2, 0) is 6.42 Å². The van der Waals surface area contributed by atoms with E-state index in [1.54, 1.807) is 0 Å². The molecular weight excluding hydrogens is 362 g/mol. The van der Waals surface area contributed by atoms with Crippen LogP contribution in [-0.4, -0.2) is 4.57 Å². The van der Waals surface area contributed by atoms with Gasteiger partial charge in [0.1, 0.15) is 0 Å². The van der Waals surface area contributed by atoms with Gasteiger partial charge in [-0.1, -0.05) is 78.9 Å². The van der Waals surface area contributed by atoms with Gasteiger partial charge in [-0.2, -0.15) is 0 Å². The Bertz CT molecular complexity index is 1600. The van der Waals surface area contributed by atoms with Crippen molar-refractivity contribution in [1.29, 1.82) is 0 Å². The zero-order chi connectivity index (χ0) is 19.7. The van der Waals surface area contributed by atoms with Crippen LogP contribution >= 0.6 is 0 Å². The van der Waals surface area contributed by atoms with Crippen LogP contribution in [0.15, 0.2) is 103 Å². The van der Waals surface area contributed by atoms with Gasteiger partial charge in [-0.05, 0) is 63.7 Å². The zero-order valence-electron chi connectivity index (χ0n) is 16.5. The van der Waals surface area contributed by atoms with E-state index in [-0.39, 0.29) is 0 Å². The summed E-state index contributed by atoms with van der Waals surface area (Å²) in [7, 11) is 0. The van der Waals surface area contributed by atoms with E-state index in [0.717, 1.165) is 6.42 Å². The number of para-hydroxylation sites is 2. The van der Waals surface area contributed by atoms with Crippen molar-refractivity contribution in [3.8, 4) is 16.8 Å². The van der Waals surface area contributed by atoms with Crippen LogP contribution in [0.4, 0.5) is 0 Å². The monoisotopic (exact) mass is 381 g/mol. The molecule has 1 aromatic heterocycles.